The second-order valence-corrected chi connectivity index (χ2v) is 6.17. The largest absolute Gasteiger partial charge is 0.508 e. The van der Waals surface area contributed by atoms with Crippen molar-refractivity contribution in [3.05, 3.63) is 41.6 Å². The van der Waals surface area contributed by atoms with Gasteiger partial charge in [0.05, 0.1) is 6.20 Å². The molecule has 0 fully saturated rings. The molecule has 2 rings (SSSR count). The molecule has 23 heavy (non-hydrogen) atoms. The molecule has 2 aromatic rings. The Bertz CT molecular complexity index is 644. The van der Waals surface area contributed by atoms with E-state index in [-0.39, 0.29) is 5.75 Å². The van der Waals surface area contributed by atoms with Gasteiger partial charge in [-0.05, 0) is 38.5 Å². The molecule has 1 heterocycles. The molecule has 0 aliphatic rings. The lowest BCUT2D eigenvalue weighted by atomic mass is 10.2. The van der Waals surface area contributed by atoms with Crippen LogP contribution in [0.25, 0.3) is 0 Å². The maximum absolute atomic E-state index is 11.8. The van der Waals surface area contributed by atoms with Crippen LogP contribution in [0.2, 0.25) is 0 Å². The van der Waals surface area contributed by atoms with Crippen molar-refractivity contribution >= 4 is 11.9 Å². The first-order valence-corrected chi connectivity index (χ1v) is 7.34. The van der Waals surface area contributed by atoms with Gasteiger partial charge in [0, 0.05) is 18.7 Å². The van der Waals surface area contributed by atoms with Crippen molar-refractivity contribution in [1.29, 1.82) is 0 Å². The fourth-order valence-corrected chi connectivity index (χ4v) is 1.91. The van der Waals surface area contributed by atoms with Gasteiger partial charge >= 0.3 is 6.09 Å². The lowest BCUT2D eigenvalue weighted by molar-refractivity contribution is 0.0635. The predicted molar refractivity (Wildman–Crippen MR) is 87.1 cm³/mol. The van der Waals surface area contributed by atoms with Crippen LogP contribution in [-0.2, 0) is 17.8 Å². The number of nitrogens with one attached hydrogen (secondary N) is 3. The summed E-state index contributed by atoms with van der Waals surface area (Å²) in [6, 6.07) is 6.98. The number of ether oxygens (including phenoxy) is 1. The molecule has 1 aromatic carbocycles. The number of aromatic amines is 1. The van der Waals surface area contributed by atoms with Gasteiger partial charge in [0.1, 0.15) is 17.2 Å². The Hall–Kier alpha value is -2.54. The van der Waals surface area contributed by atoms with Crippen molar-refractivity contribution in [3.63, 3.8) is 0 Å². The zero-order valence-corrected chi connectivity index (χ0v) is 13.5. The number of rotatable bonds is 5. The third kappa shape index (κ3) is 5.63. The van der Waals surface area contributed by atoms with Gasteiger partial charge in [0.15, 0.2) is 0 Å². The summed E-state index contributed by atoms with van der Waals surface area (Å²) in [6.07, 6.45) is 1.12. The normalized spacial score (nSPS) is 11.3. The van der Waals surface area contributed by atoms with Crippen molar-refractivity contribution in [2.24, 2.45) is 0 Å². The first-order chi connectivity index (χ1) is 10.8. The molecule has 0 aliphatic carbocycles. The quantitative estimate of drug-likeness (QED) is 0.679. The zero-order chi connectivity index (χ0) is 16.9. The molecule has 7 heteroatoms. The predicted octanol–water partition coefficient (Wildman–Crippen LogP) is 2.75. The summed E-state index contributed by atoms with van der Waals surface area (Å²) in [4.78, 5) is 11.8. The molecule has 0 bridgehead atoms. The third-order valence-corrected chi connectivity index (χ3v) is 2.92. The molecule has 0 saturated carbocycles. The van der Waals surface area contributed by atoms with Crippen molar-refractivity contribution < 1.29 is 14.6 Å². The molecule has 0 radical (unpaired) electrons. The number of benzene rings is 1. The van der Waals surface area contributed by atoms with E-state index in [1.165, 1.54) is 0 Å². The highest BCUT2D eigenvalue weighted by atomic mass is 16.6. The van der Waals surface area contributed by atoms with Gasteiger partial charge in [-0.15, -0.1) is 0 Å². The Morgan fingerprint density at radius 3 is 2.61 bits per heavy atom. The molecule has 7 nitrogen and oxygen atoms in total. The number of hydrogen-bond donors (Lipinski definition) is 4. The lowest BCUT2D eigenvalue weighted by Gasteiger charge is -2.19. The second-order valence-electron chi connectivity index (χ2n) is 6.17. The van der Waals surface area contributed by atoms with Crippen LogP contribution in [0.4, 0.5) is 10.6 Å². The Morgan fingerprint density at radius 2 is 1.96 bits per heavy atom. The molecule has 0 saturated heterocycles. The topological polar surface area (TPSA) is 99.3 Å². The Morgan fingerprint density at radius 1 is 1.26 bits per heavy atom. The number of carbonyl (C=O) groups is 1. The van der Waals surface area contributed by atoms with E-state index in [9.17, 15) is 9.90 Å². The molecule has 124 valence electrons. The number of aromatic nitrogens is 2. The molecular weight excluding hydrogens is 296 g/mol. The summed E-state index contributed by atoms with van der Waals surface area (Å²) in [5.41, 5.74) is 1.32. The molecule has 0 spiro atoms. The standard InChI is InChI=1S/C16H22N4O3/c1-16(2,3)23-15(22)19-14-12(10-18-20-14)9-17-8-11-4-6-13(21)7-5-11/h4-7,10,17,21H,8-9H2,1-3H3,(H2,18,19,20,22). The minimum absolute atomic E-state index is 0.243. The summed E-state index contributed by atoms with van der Waals surface area (Å²) in [5.74, 6) is 0.755. The molecule has 0 atom stereocenters. The molecule has 1 aromatic heterocycles. The van der Waals surface area contributed by atoms with Crippen LogP contribution in [0.15, 0.2) is 30.5 Å². The molecule has 1 amide bonds. The smallest absolute Gasteiger partial charge is 0.413 e. The van der Waals surface area contributed by atoms with Crippen LogP contribution in [0.5, 0.6) is 5.75 Å². The van der Waals surface area contributed by atoms with Gasteiger partial charge < -0.3 is 15.2 Å². The number of H-pyrrole nitrogens is 1. The summed E-state index contributed by atoms with van der Waals surface area (Å²) in [7, 11) is 0. The van der Waals surface area contributed by atoms with Crippen molar-refractivity contribution in [2.75, 3.05) is 5.32 Å². The minimum atomic E-state index is -0.554. The second kappa shape index (κ2) is 7.15. The summed E-state index contributed by atoms with van der Waals surface area (Å²) < 4.78 is 5.21. The number of carbonyl (C=O) groups excluding carboxylic acids is 1. The van der Waals surface area contributed by atoms with E-state index in [4.69, 9.17) is 4.74 Å². The van der Waals surface area contributed by atoms with Crippen LogP contribution in [0.3, 0.4) is 0 Å². The van der Waals surface area contributed by atoms with Crippen LogP contribution < -0.4 is 10.6 Å². The number of aromatic hydroxyl groups is 1. The Labute approximate surface area is 135 Å². The number of phenolic OH excluding ortho intramolecular Hbond substituents is 1. The fraction of sp³-hybridized carbons (Fsp3) is 0.375. The van der Waals surface area contributed by atoms with E-state index in [0.717, 1.165) is 11.1 Å². The monoisotopic (exact) mass is 318 g/mol. The first kappa shape index (κ1) is 16.8. The van der Waals surface area contributed by atoms with Crippen LogP contribution >= 0.6 is 0 Å². The number of phenols is 1. The highest BCUT2D eigenvalue weighted by Gasteiger charge is 2.17. The zero-order valence-electron chi connectivity index (χ0n) is 13.5. The number of amides is 1. The number of hydrogen-bond acceptors (Lipinski definition) is 5. The number of nitrogens with zero attached hydrogens (tertiary/aromatic N) is 1. The van der Waals surface area contributed by atoms with Gasteiger partial charge in [-0.25, -0.2) is 4.79 Å². The fourth-order valence-electron chi connectivity index (χ4n) is 1.91. The van der Waals surface area contributed by atoms with Gasteiger partial charge in [-0.3, -0.25) is 10.4 Å². The van der Waals surface area contributed by atoms with Crippen LogP contribution in [-0.4, -0.2) is 27.0 Å². The van der Waals surface area contributed by atoms with Crippen molar-refractivity contribution in [1.82, 2.24) is 15.5 Å². The van der Waals surface area contributed by atoms with Crippen molar-refractivity contribution in [3.8, 4) is 5.75 Å². The lowest BCUT2D eigenvalue weighted by Crippen LogP contribution is -2.27. The molecule has 4 N–H and O–H groups in total. The van der Waals surface area contributed by atoms with Crippen LogP contribution in [0.1, 0.15) is 31.9 Å². The molecular formula is C16H22N4O3. The van der Waals surface area contributed by atoms with E-state index >= 15 is 0 Å². The maximum Gasteiger partial charge on any atom is 0.413 e. The average molecular weight is 318 g/mol. The van der Waals surface area contributed by atoms with E-state index in [1.54, 1.807) is 39.1 Å². The molecule has 0 unspecified atom stereocenters. The van der Waals surface area contributed by atoms with E-state index in [1.807, 2.05) is 12.1 Å². The first-order valence-electron chi connectivity index (χ1n) is 7.34. The summed E-state index contributed by atoms with van der Waals surface area (Å²) in [5, 5.41) is 21.8. The maximum atomic E-state index is 11.8. The Kier molecular flexibility index (Phi) is 5.23. The minimum Gasteiger partial charge on any atom is -0.508 e. The van der Waals surface area contributed by atoms with Crippen LogP contribution in [0, 0.1) is 0 Å². The van der Waals surface area contributed by atoms with Gasteiger partial charge in [-0.2, -0.15) is 5.10 Å². The van der Waals surface area contributed by atoms with E-state index < -0.39 is 11.7 Å². The Balaban J connectivity index is 1.86. The summed E-state index contributed by atoms with van der Waals surface area (Å²) in [6.45, 7) is 6.58. The average Bonchev–Trinajstić information content (AvgIpc) is 2.86. The number of anilines is 1. The SMILES string of the molecule is CC(C)(C)OC(=O)Nc1[nH]ncc1CNCc1ccc(O)cc1. The van der Waals surface area contributed by atoms with Crippen molar-refractivity contribution in [2.45, 2.75) is 39.5 Å². The highest BCUT2D eigenvalue weighted by Crippen LogP contribution is 2.14. The van der Waals surface area contributed by atoms with E-state index in [2.05, 4.69) is 20.8 Å². The van der Waals surface area contributed by atoms with Gasteiger partial charge in [0.25, 0.3) is 0 Å². The third-order valence-electron chi connectivity index (χ3n) is 2.92. The van der Waals surface area contributed by atoms with Gasteiger partial charge in [-0.1, -0.05) is 12.1 Å². The molecule has 0 aliphatic heterocycles. The van der Waals surface area contributed by atoms with E-state index in [0.29, 0.717) is 18.9 Å². The highest BCUT2D eigenvalue weighted by molar-refractivity contribution is 5.84. The summed E-state index contributed by atoms with van der Waals surface area (Å²) >= 11 is 0. The van der Waals surface area contributed by atoms with Gasteiger partial charge in [0.2, 0.25) is 0 Å².